The summed E-state index contributed by atoms with van der Waals surface area (Å²) in [5, 5.41) is 8.59. The molecule has 1 amide bonds. The van der Waals surface area contributed by atoms with E-state index in [1.807, 2.05) is 0 Å². The van der Waals surface area contributed by atoms with Gasteiger partial charge in [-0.25, -0.2) is 18.1 Å². The van der Waals surface area contributed by atoms with Crippen LogP contribution in [0, 0.1) is 11.3 Å². The van der Waals surface area contributed by atoms with Gasteiger partial charge in [0.05, 0.1) is 0 Å². The van der Waals surface area contributed by atoms with Crippen molar-refractivity contribution in [1.29, 1.82) is 5.26 Å². The highest BCUT2D eigenvalue weighted by Gasteiger charge is 2.28. The van der Waals surface area contributed by atoms with Crippen molar-refractivity contribution in [3.05, 3.63) is 24.0 Å². The van der Waals surface area contributed by atoms with Gasteiger partial charge in [-0.1, -0.05) is 0 Å². The van der Waals surface area contributed by atoms with Gasteiger partial charge >= 0.3 is 0 Å². The smallest absolute Gasteiger partial charge is 0.242 e. The minimum Gasteiger partial charge on any atom is -0.370 e. The minimum absolute atomic E-state index is 0.0796. The van der Waals surface area contributed by atoms with E-state index >= 15 is 0 Å². The first kappa shape index (κ1) is 15.1. The lowest BCUT2D eigenvalue weighted by Crippen LogP contribution is -2.45. The molecular formula is C11H14N4O3S. The summed E-state index contributed by atoms with van der Waals surface area (Å²) >= 11 is 0. The van der Waals surface area contributed by atoms with E-state index in [1.165, 1.54) is 12.1 Å². The van der Waals surface area contributed by atoms with E-state index in [1.54, 1.807) is 19.9 Å². The van der Waals surface area contributed by atoms with Crippen LogP contribution in [0.3, 0.4) is 0 Å². The molecule has 0 aliphatic carbocycles. The Kier molecular flexibility index (Phi) is 4.24. The molecule has 7 nitrogen and oxygen atoms in total. The van der Waals surface area contributed by atoms with Crippen molar-refractivity contribution in [3.63, 3.8) is 0 Å². The quantitative estimate of drug-likeness (QED) is 0.779. The molecule has 19 heavy (non-hydrogen) atoms. The van der Waals surface area contributed by atoms with Crippen LogP contribution in [0.5, 0.6) is 0 Å². The third-order valence-electron chi connectivity index (χ3n) is 2.19. The molecule has 0 aliphatic heterocycles. The van der Waals surface area contributed by atoms with E-state index in [9.17, 15) is 13.2 Å². The average molecular weight is 282 g/mol. The Bertz CT molecular complexity index is 614. The third-order valence-corrected chi connectivity index (χ3v) is 3.87. The van der Waals surface area contributed by atoms with Crippen LogP contribution in [0.1, 0.15) is 26.0 Å². The number of amides is 1. The SMILES string of the molecule is CC(C)(CC(N)=O)NS(=O)(=O)c1ccc(C#N)nc1. The molecule has 0 aliphatic rings. The number of primary amides is 1. The summed E-state index contributed by atoms with van der Waals surface area (Å²) < 4.78 is 26.5. The molecule has 3 N–H and O–H groups in total. The first-order valence-electron chi connectivity index (χ1n) is 5.35. The molecule has 0 saturated heterocycles. The minimum atomic E-state index is -3.82. The number of carbonyl (C=O) groups is 1. The molecule has 0 unspecified atom stereocenters. The molecule has 0 atom stereocenters. The molecule has 102 valence electrons. The summed E-state index contributed by atoms with van der Waals surface area (Å²) in [6.07, 6.45) is 0.956. The number of sulfonamides is 1. The Hall–Kier alpha value is -1.98. The van der Waals surface area contributed by atoms with Crippen LogP contribution in [0.2, 0.25) is 0 Å². The van der Waals surface area contributed by atoms with Gasteiger partial charge in [0.15, 0.2) is 0 Å². The average Bonchev–Trinajstić information content (AvgIpc) is 2.25. The van der Waals surface area contributed by atoms with E-state index < -0.39 is 21.5 Å². The fourth-order valence-electron chi connectivity index (χ4n) is 1.50. The lowest BCUT2D eigenvalue weighted by atomic mass is 10.0. The number of nitrogens with zero attached hydrogens (tertiary/aromatic N) is 2. The molecule has 0 bridgehead atoms. The molecule has 1 heterocycles. The number of aromatic nitrogens is 1. The normalized spacial score (nSPS) is 11.8. The Morgan fingerprint density at radius 2 is 2.16 bits per heavy atom. The molecule has 1 aromatic rings. The summed E-state index contributed by atoms with van der Waals surface area (Å²) in [6, 6.07) is 4.37. The summed E-state index contributed by atoms with van der Waals surface area (Å²) in [4.78, 5) is 14.5. The van der Waals surface area contributed by atoms with Crippen LogP contribution >= 0.6 is 0 Å². The number of rotatable bonds is 5. The van der Waals surface area contributed by atoms with Crippen molar-refractivity contribution in [2.75, 3.05) is 0 Å². The van der Waals surface area contributed by atoms with Gasteiger partial charge in [0.2, 0.25) is 15.9 Å². The van der Waals surface area contributed by atoms with Gasteiger partial charge in [0.25, 0.3) is 0 Å². The molecule has 0 aromatic carbocycles. The van der Waals surface area contributed by atoms with Crippen molar-refractivity contribution in [2.45, 2.75) is 30.7 Å². The van der Waals surface area contributed by atoms with Gasteiger partial charge in [0.1, 0.15) is 16.7 Å². The van der Waals surface area contributed by atoms with Crippen molar-refractivity contribution >= 4 is 15.9 Å². The summed E-state index contributed by atoms with van der Waals surface area (Å²) in [5.74, 6) is -0.606. The summed E-state index contributed by atoms with van der Waals surface area (Å²) in [7, 11) is -3.82. The predicted molar refractivity (Wildman–Crippen MR) is 67.2 cm³/mol. The Morgan fingerprint density at radius 1 is 1.53 bits per heavy atom. The highest BCUT2D eigenvalue weighted by atomic mass is 32.2. The first-order valence-corrected chi connectivity index (χ1v) is 6.83. The molecule has 0 saturated carbocycles. The maximum Gasteiger partial charge on any atom is 0.242 e. The molecule has 0 fully saturated rings. The highest BCUT2D eigenvalue weighted by molar-refractivity contribution is 7.89. The number of pyridine rings is 1. The lowest BCUT2D eigenvalue weighted by molar-refractivity contribution is -0.119. The van der Waals surface area contributed by atoms with Crippen LogP contribution in [-0.4, -0.2) is 24.8 Å². The van der Waals surface area contributed by atoms with Gasteiger partial charge < -0.3 is 5.73 Å². The van der Waals surface area contributed by atoms with Gasteiger partial charge in [0, 0.05) is 18.2 Å². The second-order valence-corrected chi connectivity index (χ2v) is 6.31. The second-order valence-electron chi connectivity index (χ2n) is 4.62. The molecule has 0 radical (unpaired) electrons. The number of carbonyl (C=O) groups excluding carboxylic acids is 1. The topological polar surface area (TPSA) is 126 Å². The maximum absolute atomic E-state index is 12.0. The van der Waals surface area contributed by atoms with E-state index in [0.717, 1.165) is 6.20 Å². The van der Waals surface area contributed by atoms with Crippen molar-refractivity contribution in [2.24, 2.45) is 5.73 Å². The van der Waals surface area contributed by atoms with E-state index in [4.69, 9.17) is 11.0 Å². The zero-order valence-corrected chi connectivity index (χ0v) is 11.4. The molecule has 8 heteroatoms. The van der Waals surface area contributed by atoms with E-state index in [2.05, 4.69) is 9.71 Å². The van der Waals surface area contributed by atoms with Crippen LogP contribution in [0.4, 0.5) is 0 Å². The summed E-state index contributed by atoms with van der Waals surface area (Å²) in [5.41, 5.74) is 4.17. The van der Waals surface area contributed by atoms with Gasteiger partial charge in [-0.3, -0.25) is 4.79 Å². The van der Waals surface area contributed by atoms with Crippen molar-refractivity contribution < 1.29 is 13.2 Å². The molecular weight excluding hydrogens is 268 g/mol. The van der Waals surface area contributed by atoms with E-state index in [-0.39, 0.29) is 17.0 Å². The standard InChI is InChI=1S/C11H14N4O3S/c1-11(2,5-10(13)16)15-19(17,18)9-4-3-8(6-12)14-7-9/h3-4,7,15H,5H2,1-2H3,(H2,13,16). The Labute approximate surface area is 111 Å². The highest BCUT2D eigenvalue weighted by Crippen LogP contribution is 2.15. The van der Waals surface area contributed by atoms with Crippen LogP contribution < -0.4 is 10.5 Å². The lowest BCUT2D eigenvalue weighted by Gasteiger charge is -2.24. The fraction of sp³-hybridized carbons (Fsp3) is 0.364. The fourth-order valence-corrected chi connectivity index (χ4v) is 2.86. The number of nitrogens with two attached hydrogens (primary N) is 1. The predicted octanol–water partition coefficient (Wildman–Crippen LogP) is -0.114. The number of nitriles is 1. The number of hydrogen-bond donors (Lipinski definition) is 2. The summed E-state index contributed by atoms with van der Waals surface area (Å²) in [6.45, 7) is 3.10. The van der Waals surface area contributed by atoms with Crippen LogP contribution in [0.25, 0.3) is 0 Å². The Balaban J connectivity index is 2.98. The van der Waals surface area contributed by atoms with Gasteiger partial charge in [-0.15, -0.1) is 0 Å². The number of nitrogens with one attached hydrogen (secondary N) is 1. The van der Waals surface area contributed by atoms with Crippen LogP contribution in [-0.2, 0) is 14.8 Å². The zero-order chi connectivity index (χ0) is 14.7. The monoisotopic (exact) mass is 282 g/mol. The van der Waals surface area contributed by atoms with Gasteiger partial charge in [-0.05, 0) is 26.0 Å². The first-order chi connectivity index (χ1) is 8.66. The molecule has 0 spiro atoms. The largest absolute Gasteiger partial charge is 0.370 e. The molecule has 1 rings (SSSR count). The molecule has 1 aromatic heterocycles. The van der Waals surface area contributed by atoms with Gasteiger partial charge in [-0.2, -0.15) is 5.26 Å². The Morgan fingerprint density at radius 3 is 2.58 bits per heavy atom. The van der Waals surface area contributed by atoms with Crippen molar-refractivity contribution in [1.82, 2.24) is 9.71 Å². The van der Waals surface area contributed by atoms with Crippen molar-refractivity contribution in [3.8, 4) is 6.07 Å². The third kappa shape index (κ3) is 4.31. The van der Waals surface area contributed by atoms with Crippen LogP contribution in [0.15, 0.2) is 23.2 Å². The zero-order valence-electron chi connectivity index (χ0n) is 10.5. The second kappa shape index (κ2) is 5.34. The van der Waals surface area contributed by atoms with E-state index in [0.29, 0.717) is 0 Å². The maximum atomic E-state index is 12.0. The number of hydrogen-bond acceptors (Lipinski definition) is 5.